The monoisotopic (exact) mass is 353 g/mol. The zero-order chi connectivity index (χ0) is 17.9. The summed E-state index contributed by atoms with van der Waals surface area (Å²) in [4.78, 5) is 22.9. The normalized spacial score (nSPS) is 15.5. The second-order valence-corrected chi connectivity index (χ2v) is 6.61. The second-order valence-electron chi connectivity index (χ2n) is 6.61. The Morgan fingerprint density at radius 2 is 1.96 bits per heavy atom. The lowest BCUT2D eigenvalue weighted by Crippen LogP contribution is -2.38. The van der Waals surface area contributed by atoms with Crippen molar-refractivity contribution in [1.82, 2.24) is 25.1 Å². The molecule has 7 heteroatoms. The summed E-state index contributed by atoms with van der Waals surface area (Å²) in [6.45, 7) is 1.39. The van der Waals surface area contributed by atoms with Crippen molar-refractivity contribution in [3.8, 4) is 0 Å². The summed E-state index contributed by atoms with van der Waals surface area (Å²) >= 11 is 0. The van der Waals surface area contributed by atoms with Crippen molar-refractivity contribution < 1.29 is 9.18 Å². The summed E-state index contributed by atoms with van der Waals surface area (Å²) in [7, 11) is 0. The second kappa shape index (κ2) is 7.19. The summed E-state index contributed by atoms with van der Waals surface area (Å²) in [6, 6.07) is 6.63. The molecule has 1 fully saturated rings. The fourth-order valence-electron chi connectivity index (χ4n) is 3.57. The molecule has 3 heterocycles. The van der Waals surface area contributed by atoms with Gasteiger partial charge in [0.1, 0.15) is 11.3 Å². The van der Waals surface area contributed by atoms with E-state index in [-0.39, 0.29) is 11.7 Å². The molecule has 0 atom stereocenters. The number of benzene rings is 1. The van der Waals surface area contributed by atoms with Crippen LogP contribution in [0.15, 0.2) is 36.7 Å². The zero-order valence-corrected chi connectivity index (χ0v) is 14.4. The quantitative estimate of drug-likeness (QED) is 0.783. The standard InChI is InChI=1S/C19H20FN5O/c20-15-4-2-1-3-13(15)5-6-16(26)25-11-7-14(8-12-25)17-18-19(24-23-17)22-10-9-21-18/h1-4,9-10,14H,5-8,11-12H2,(H,22,23,24). The minimum Gasteiger partial charge on any atom is -0.343 e. The highest BCUT2D eigenvalue weighted by molar-refractivity contribution is 5.77. The number of hydrogen-bond donors (Lipinski definition) is 1. The van der Waals surface area contributed by atoms with Crippen LogP contribution in [0, 0.1) is 5.82 Å². The lowest BCUT2D eigenvalue weighted by molar-refractivity contribution is -0.132. The highest BCUT2D eigenvalue weighted by atomic mass is 19.1. The number of piperidine rings is 1. The van der Waals surface area contributed by atoms with Crippen LogP contribution in [-0.2, 0) is 11.2 Å². The predicted molar refractivity (Wildman–Crippen MR) is 95.0 cm³/mol. The first kappa shape index (κ1) is 16.6. The number of amides is 1. The Kier molecular flexibility index (Phi) is 4.60. The van der Waals surface area contributed by atoms with Gasteiger partial charge in [0, 0.05) is 37.8 Å². The number of aromatic amines is 1. The van der Waals surface area contributed by atoms with Gasteiger partial charge in [0.2, 0.25) is 5.91 Å². The van der Waals surface area contributed by atoms with E-state index in [1.165, 1.54) is 6.07 Å². The van der Waals surface area contributed by atoms with Crippen LogP contribution in [0.2, 0.25) is 0 Å². The summed E-state index contributed by atoms with van der Waals surface area (Å²) in [6.07, 6.45) is 5.79. The Morgan fingerprint density at radius 3 is 2.77 bits per heavy atom. The number of aryl methyl sites for hydroxylation is 1. The Bertz CT molecular complexity index is 917. The van der Waals surface area contributed by atoms with Gasteiger partial charge in [-0.25, -0.2) is 14.4 Å². The van der Waals surface area contributed by atoms with Gasteiger partial charge in [-0.15, -0.1) is 0 Å². The van der Waals surface area contributed by atoms with Crippen LogP contribution in [-0.4, -0.2) is 44.1 Å². The van der Waals surface area contributed by atoms with Crippen LogP contribution in [0.5, 0.6) is 0 Å². The van der Waals surface area contributed by atoms with E-state index in [4.69, 9.17) is 0 Å². The van der Waals surface area contributed by atoms with Gasteiger partial charge < -0.3 is 4.90 Å². The van der Waals surface area contributed by atoms with Gasteiger partial charge in [0.25, 0.3) is 0 Å². The number of fused-ring (bicyclic) bond motifs is 1. The van der Waals surface area contributed by atoms with Gasteiger partial charge in [-0.2, -0.15) is 5.10 Å². The first-order chi connectivity index (χ1) is 12.7. The molecule has 4 rings (SSSR count). The highest BCUT2D eigenvalue weighted by Gasteiger charge is 2.26. The van der Waals surface area contributed by atoms with Gasteiger partial charge in [-0.05, 0) is 30.9 Å². The maximum absolute atomic E-state index is 13.7. The average Bonchev–Trinajstić information content (AvgIpc) is 3.11. The molecule has 26 heavy (non-hydrogen) atoms. The first-order valence-corrected chi connectivity index (χ1v) is 8.88. The van der Waals surface area contributed by atoms with E-state index < -0.39 is 0 Å². The van der Waals surface area contributed by atoms with E-state index >= 15 is 0 Å². The number of H-pyrrole nitrogens is 1. The molecule has 134 valence electrons. The van der Waals surface area contributed by atoms with Gasteiger partial charge in [0.05, 0.1) is 5.69 Å². The van der Waals surface area contributed by atoms with Gasteiger partial charge in [0.15, 0.2) is 5.65 Å². The van der Waals surface area contributed by atoms with E-state index in [1.807, 2.05) is 4.90 Å². The molecular formula is C19H20FN5O. The number of hydrogen-bond acceptors (Lipinski definition) is 4. The Labute approximate surface area is 150 Å². The molecule has 1 aromatic carbocycles. The van der Waals surface area contributed by atoms with Crippen molar-refractivity contribution >= 4 is 17.1 Å². The number of likely N-dealkylation sites (tertiary alicyclic amines) is 1. The van der Waals surface area contributed by atoms with Crippen LogP contribution >= 0.6 is 0 Å². The minimum absolute atomic E-state index is 0.0842. The summed E-state index contributed by atoms with van der Waals surface area (Å²) in [5.41, 5.74) is 3.05. The van der Waals surface area contributed by atoms with E-state index in [9.17, 15) is 9.18 Å². The van der Waals surface area contributed by atoms with Crippen LogP contribution in [0.25, 0.3) is 11.2 Å². The number of aromatic nitrogens is 4. The molecule has 0 saturated carbocycles. The Morgan fingerprint density at radius 1 is 1.19 bits per heavy atom. The molecule has 0 unspecified atom stereocenters. The third kappa shape index (κ3) is 3.29. The van der Waals surface area contributed by atoms with Crippen LogP contribution in [0.1, 0.15) is 36.4 Å². The molecule has 0 aliphatic carbocycles. The molecule has 1 aliphatic heterocycles. The molecule has 0 radical (unpaired) electrons. The van der Waals surface area contributed by atoms with Gasteiger partial charge in [-0.1, -0.05) is 18.2 Å². The number of rotatable bonds is 4. The fraction of sp³-hybridized carbons (Fsp3) is 0.368. The number of halogens is 1. The highest BCUT2D eigenvalue weighted by Crippen LogP contribution is 2.30. The van der Waals surface area contributed by atoms with E-state index in [2.05, 4.69) is 20.2 Å². The maximum Gasteiger partial charge on any atom is 0.222 e. The number of carbonyl (C=O) groups is 1. The van der Waals surface area contributed by atoms with Crippen molar-refractivity contribution in [3.63, 3.8) is 0 Å². The van der Waals surface area contributed by atoms with E-state index in [0.717, 1.165) is 24.1 Å². The lowest BCUT2D eigenvalue weighted by atomic mass is 9.92. The van der Waals surface area contributed by atoms with Crippen LogP contribution in [0.4, 0.5) is 4.39 Å². The largest absolute Gasteiger partial charge is 0.343 e. The Balaban J connectivity index is 1.34. The van der Waals surface area contributed by atoms with Crippen molar-refractivity contribution in [3.05, 3.63) is 53.7 Å². The Hall–Kier alpha value is -2.83. The number of nitrogens with zero attached hydrogens (tertiary/aromatic N) is 4. The van der Waals surface area contributed by atoms with Crippen molar-refractivity contribution in [2.75, 3.05) is 13.1 Å². The van der Waals surface area contributed by atoms with Gasteiger partial charge in [-0.3, -0.25) is 9.89 Å². The van der Waals surface area contributed by atoms with Crippen LogP contribution in [0.3, 0.4) is 0 Å². The fourth-order valence-corrected chi connectivity index (χ4v) is 3.57. The molecule has 2 aromatic heterocycles. The zero-order valence-electron chi connectivity index (χ0n) is 14.4. The van der Waals surface area contributed by atoms with E-state index in [1.54, 1.807) is 30.6 Å². The lowest BCUT2D eigenvalue weighted by Gasteiger charge is -2.31. The summed E-state index contributed by atoms with van der Waals surface area (Å²) in [5.74, 6) is 0.138. The molecule has 0 spiro atoms. The molecule has 1 aliphatic rings. The third-order valence-corrected chi connectivity index (χ3v) is 5.04. The predicted octanol–water partition coefficient (Wildman–Crippen LogP) is 2.83. The third-order valence-electron chi connectivity index (χ3n) is 5.04. The molecular weight excluding hydrogens is 333 g/mol. The first-order valence-electron chi connectivity index (χ1n) is 8.88. The molecule has 0 bridgehead atoms. The van der Waals surface area contributed by atoms with Gasteiger partial charge >= 0.3 is 0 Å². The topological polar surface area (TPSA) is 74.8 Å². The average molecular weight is 353 g/mol. The van der Waals surface area contributed by atoms with Crippen molar-refractivity contribution in [2.45, 2.75) is 31.6 Å². The van der Waals surface area contributed by atoms with Crippen molar-refractivity contribution in [1.29, 1.82) is 0 Å². The molecule has 1 amide bonds. The summed E-state index contributed by atoms with van der Waals surface area (Å²) < 4.78 is 13.7. The molecule has 6 nitrogen and oxygen atoms in total. The van der Waals surface area contributed by atoms with Crippen LogP contribution < -0.4 is 0 Å². The SMILES string of the molecule is O=C(CCc1ccccc1F)N1CCC(c2[nH]nc3nccnc23)CC1. The number of nitrogens with one attached hydrogen (secondary N) is 1. The van der Waals surface area contributed by atoms with Crippen molar-refractivity contribution in [2.24, 2.45) is 0 Å². The number of carbonyl (C=O) groups excluding carboxylic acids is 1. The minimum atomic E-state index is -0.244. The summed E-state index contributed by atoms with van der Waals surface area (Å²) in [5, 5.41) is 7.26. The molecule has 3 aromatic rings. The smallest absolute Gasteiger partial charge is 0.222 e. The van der Waals surface area contributed by atoms with E-state index in [0.29, 0.717) is 43.1 Å². The molecule has 1 N–H and O–H groups in total. The molecule has 1 saturated heterocycles. The maximum atomic E-state index is 13.7.